The van der Waals surface area contributed by atoms with Crippen LogP contribution in [-0.2, 0) is 5.41 Å². The molecule has 0 aliphatic heterocycles. The summed E-state index contributed by atoms with van der Waals surface area (Å²) in [7, 11) is 0. The van der Waals surface area contributed by atoms with Crippen LogP contribution in [0.15, 0.2) is 97.1 Å². The minimum absolute atomic E-state index is 0.441. The summed E-state index contributed by atoms with van der Waals surface area (Å²) < 4.78 is 0. The second-order valence-electron chi connectivity index (χ2n) is 9.87. The van der Waals surface area contributed by atoms with Crippen LogP contribution in [0.25, 0.3) is 45.6 Å². The highest BCUT2D eigenvalue weighted by Crippen LogP contribution is 2.46. The maximum atomic E-state index is 4.02. The van der Waals surface area contributed by atoms with Gasteiger partial charge in [0.05, 0.1) is 5.41 Å². The molecule has 0 saturated carbocycles. The van der Waals surface area contributed by atoms with E-state index in [1.165, 1.54) is 0 Å². The predicted octanol–water partition coefficient (Wildman–Crippen LogP) is 1.31. The summed E-state index contributed by atoms with van der Waals surface area (Å²) in [6, 6.07) is 32.1. The first-order valence-corrected chi connectivity index (χ1v) is 13.5. The van der Waals surface area contributed by atoms with E-state index >= 15 is 0 Å². The Morgan fingerprint density at radius 3 is 0.711 bits per heavy atom. The van der Waals surface area contributed by atoms with Gasteiger partial charge < -0.3 is 20.4 Å². The van der Waals surface area contributed by atoms with Gasteiger partial charge in [-0.15, -0.1) is 0 Å². The molecule has 0 aliphatic carbocycles. The summed E-state index contributed by atoms with van der Waals surface area (Å²) in [4.78, 5) is 0. The zero-order valence-corrected chi connectivity index (χ0v) is 22.9. The van der Waals surface area contributed by atoms with E-state index in [1.807, 2.05) is 48.5 Å². The lowest BCUT2D eigenvalue weighted by molar-refractivity contribution is 0.745. The van der Waals surface area contributed by atoms with Crippen LogP contribution >= 0.6 is 0 Å². The molecule has 4 heterocycles. The first-order valence-electron chi connectivity index (χ1n) is 13.5. The van der Waals surface area contributed by atoms with Gasteiger partial charge in [-0.05, 0) is 44.5 Å². The first-order chi connectivity index (χ1) is 22.3. The van der Waals surface area contributed by atoms with Crippen LogP contribution in [-0.4, -0.2) is 62.1 Å². The van der Waals surface area contributed by atoms with Gasteiger partial charge in [0, 0.05) is 23.3 Å². The molecular weight excluding hydrogens is 572 g/mol. The molecule has 4 aromatic heterocycles. The smallest absolute Gasteiger partial charge is 0.0701 e. The van der Waals surface area contributed by atoms with Gasteiger partial charge in [0.2, 0.25) is 0 Å². The van der Waals surface area contributed by atoms with Crippen molar-refractivity contribution in [1.82, 2.24) is 82.5 Å². The standard InChI is InChI=1S/C29H16N16/c1-9-21(10-2-17(1)25-30-38-39-31-25)29(22-11-3-18(4-12-22)26-32-40-41-33-26,23-13-5-19(6-14-23)27-34-42-43-35-27)24-15-7-20(8-16-24)28-36-44-45-37-28/h1-16H/q-4. The fraction of sp³-hybridized carbons (Fsp3) is 0.0345. The Hall–Kier alpha value is -6.84. The molecule has 16 heteroatoms. The lowest BCUT2D eigenvalue weighted by Gasteiger charge is -2.37. The van der Waals surface area contributed by atoms with Crippen molar-refractivity contribution in [2.45, 2.75) is 5.41 Å². The molecular formula is C29H16N16-4. The molecule has 0 fully saturated rings. The predicted molar refractivity (Wildman–Crippen MR) is 153 cm³/mol. The summed E-state index contributed by atoms with van der Waals surface area (Å²) in [5, 5.41) is 61.2. The van der Waals surface area contributed by atoms with Gasteiger partial charge in [0.1, 0.15) is 0 Å². The Kier molecular flexibility index (Phi) is 6.19. The fourth-order valence-corrected chi connectivity index (χ4v) is 5.52. The Balaban J connectivity index is 1.35. The van der Waals surface area contributed by atoms with E-state index in [4.69, 9.17) is 0 Å². The normalized spacial score (nSPS) is 11.6. The van der Waals surface area contributed by atoms with Crippen LogP contribution < -0.4 is 20.4 Å². The minimum Gasteiger partial charge on any atom is -0.330 e. The number of benzene rings is 4. The number of hydrogen-bond donors (Lipinski definition) is 0. The van der Waals surface area contributed by atoms with E-state index in [9.17, 15) is 0 Å². The van der Waals surface area contributed by atoms with Crippen LogP contribution in [0.1, 0.15) is 22.3 Å². The molecule has 216 valence electrons. The molecule has 4 aromatic carbocycles. The fourth-order valence-electron chi connectivity index (χ4n) is 5.52. The lowest BCUT2D eigenvalue weighted by Crippen LogP contribution is -2.31. The average Bonchev–Trinajstić information content (AvgIpc) is 3.95. The second-order valence-corrected chi connectivity index (χ2v) is 9.87. The average molecular weight is 589 g/mol. The SMILES string of the molecule is c1cc(C(c2ccc(-c3nnn[n-]3)cc2)(c2ccc(-c3nnn[n-]3)cc2)c2ccc(-c3nnn[n-]3)cc2)ccc1-c1nnn[n-]1. The van der Waals surface area contributed by atoms with Crippen molar-refractivity contribution in [3.05, 3.63) is 119 Å². The number of rotatable bonds is 8. The van der Waals surface area contributed by atoms with Gasteiger partial charge in [0.25, 0.3) is 0 Å². The topological polar surface area (TPSA) is 211 Å². The van der Waals surface area contributed by atoms with Gasteiger partial charge in [-0.3, -0.25) is 41.2 Å². The van der Waals surface area contributed by atoms with Crippen LogP contribution in [0, 0.1) is 0 Å². The zero-order chi connectivity index (χ0) is 30.1. The summed E-state index contributed by atoms with van der Waals surface area (Å²) in [6.07, 6.45) is 0. The molecule has 0 amide bonds. The molecule has 0 radical (unpaired) electrons. The summed E-state index contributed by atoms with van der Waals surface area (Å²) >= 11 is 0. The van der Waals surface area contributed by atoms with E-state index in [-0.39, 0.29) is 0 Å². The van der Waals surface area contributed by atoms with Crippen molar-refractivity contribution in [1.29, 1.82) is 0 Å². The van der Waals surface area contributed by atoms with Crippen LogP contribution in [0.3, 0.4) is 0 Å². The third-order valence-corrected chi connectivity index (χ3v) is 7.58. The van der Waals surface area contributed by atoms with Crippen LogP contribution in [0.4, 0.5) is 0 Å². The largest absolute Gasteiger partial charge is 0.330 e. The van der Waals surface area contributed by atoms with Gasteiger partial charge in [-0.1, -0.05) is 97.1 Å². The molecule has 0 saturated heterocycles. The molecule has 16 nitrogen and oxygen atoms in total. The lowest BCUT2D eigenvalue weighted by atomic mass is 9.64. The van der Waals surface area contributed by atoms with Crippen molar-refractivity contribution in [2.75, 3.05) is 0 Å². The maximum Gasteiger partial charge on any atom is 0.0701 e. The Morgan fingerprint density at radius 2 is 0.533 bits per heavy atom. The van der Waals surface area contributed by atoms with Crippen molar-refractivity contribution < 1.29 is 0 Å². The highest BCUT2D eigenvalue weighted by Gasteiger charge is 2.38. The molecule has 0 bridgehead atoms. The minimum atomic E-state index is -0.826. The number of hydrogen-bond acceptors (Lipinski definition) is 12. The van der Waals surface area contributed by atoms with E-state index in [1.54, 1.807) is 0 Å². The molecule has 0 spiro atoms. The van der Waals surface area contributed by atoms with E-state index in [0.717, 1.165) is 44.5 Å². The molecule has 0 atom stereocenters. The van der Waals surface area contributed by atoms with E-state index in [0.29, 0.717) is 23.3 Å². The Morgan fingerprint density at radius 1 is 0.311 bits per heavy atom. The molecule has 0 N–H and O–H groups in total. The number of nitrogens with zero attached hydrogens (tertiary/aromatic N) is 16. The molecule has 45 heavy (non-hydrogen) atoms. The second kappa shape index (κ2) is 10.8. The van der Waals surface area contributed by atoms with Gasteiger partial charge in [-0.25, -0.2) is 0 Å². The third-order valence-electron chi connectivity index (χ3n) is 7.58. The van der Waals surface area contributed by atoms with Crippen molar-refractivity contribution >= 4 is 0 Å². The van der Waals surface area contributed by atoms with E-state index in [2.05, 4.69) is 131 Å². The van der Waals surface area contributed by atoms with Gasteiger partial charge in [-0.2, -0.15) is 20.9 Å². The summed E-state index contributed by atoms with van der Waals surface area (Å²) in [6.45, 7) is 0. The van der Waals surface area contributed by atoms with Gasteiger partial charge in [0.15, 0.2) is 0 Å². The van der Waals surface area contributed by atoms with Crippen molar-refractivity contribution in [2.24, 2.45) is 0 Å². The molecule has 0 unspecified atom stereocenters. The van der Waals surface area contributed by atoms with Crippen LogP contribution in [0.2, 0.25) is 0 Å². The van der Waals surface area contributed by atoms with Crippen LogP contribution in [0.5, 0.6) is 0 Å². The molecule has 8 aromatic rings. The Labute approximate surface area is 252 Å². The van der Waals surface area contributed by atoms with Crippen molar-refractivity contribution in [3.8, 4) is 45.6 Å². The van der Waals surface area contributed by atoms with Crippen molar-refractivity contribution in [3.63, 3.8) is 0 Å². The monoisotopic (exact) mass is 588 g/mol. The first kappa shape index (κ1) is 25.8. The summed E-state index contributed by atoms with van der Waals surface area (Å²) in [5.74, 6) is 1.76. The quantitative estimate of drug-likeness (QED) is 0.229. The number of aromatic nitrogens is 16. The third kappa shape index (κ3) is 4.49. The summed E-state index contributed by atoms with van der Waals surface area (Å²) in [5.41, 5.74) is 6.21. The van der Waals surface area contributed by atoms with Gasteiger partial charge >= 0.3 is 0 Å². The van der Waals surface area contributed by atoms with E-state index < -0.39 is 5.41 Å². The molecule has 0 aliphatic rings. The molecule has 8 rings (SSSR count). The number of tetrazole rings is 4. The Bertz CT molecular complexity index is 1790. The highest BCUT2D eigenvalue weighted by atomic mass is 15.5. The highest BCUT2D eigenvalue weighted by molar-refractivity contribution is 5.67. The maximum absolute atomic E-state index is 4.02. The zero-order valence-electron chi connectivity index (χ0n) is 22.9.